The van der Waals surface area contributed by atoms with Crippen LogP contribution in [0.25, 0.3) is 0 Å². The number of rotatable bonds is 1. The lowest BCUT2D eigenvalue weighted by Gasteiger charge is -2.19. The highest BCUT2D eigenvalue weighted by atomic mass is 35.5. The maximum absolute atomic E-state index is 13.2. The molecule has 1 nitrogen and oxygen atoms in total. The van der Waals surface area contributed by atoms with Crippen LogP contribution in [0.15, 0.2) is 18.2 Å². The molecule has 15 heavy (non-hydrogen) atoms. The van der Waals surface area contributed by atoms with Crippen LogP contribution in [0.3, 0.4) is 0 Å². The van der Waals surface area contributed by atoms with E-state index >= 15 is 0 Å². The molecule has 4 heteroatoms. The Morgan fingerprint density at radius 2 is 2.20 bits per heavy atom. The van der Waals surface area contributed by atoms with E-state index in [-0.39, 0.29) is 16.7 Å². The molecule has 1 aliphatic rings. The molecule has 1 atom stereocenters. The number of halogens is 2. The van der Waals surface area contributed by atoms with E-state index < -0.39 is 0 Å². The minimum absolute atomic E-state index is 0.105. The minimum Gasteiger partial charge on any atom is -0.296 e. The van der Waals surface area contributed by atoms with Gasteiger partial charge in [-0.05, 0) is 37.6 Å². The van der Waals surface area contributed by atoms with Crippen LogP contribution in [0, 0.1) is 5.82 Å². The summed E-state index contributed by atoms with van der Waals surface area (Å²) >= 11 is 7.61. The highest BCUT2D eigenvalue weighted by Gasteiger charge is 2.31. The van der Waals surface area contributed by atoms with Crippen molar-refractivity contribution < 1.29 is 4.39 Å². The molecule has 0 amide bonds. The van der Waals surface area contributed by atoms with E-state index in [1.807, 2.05) is 6.07 Å². The van der Waals surface area contributed by atoms with E-state index in [1.165, 1.54) is 12.1 Å². The number of hydrogen-bond acceptors (Lipinski definition) is 2. The molecular formula is C11H13ClFNS. The van der Waals surface area contributed by atoms with Gasteiger partial charge in [0.2, 0.25) is 0 Å². The fourth-order valence-electron chi connectivity index (χ4n) is 1.64. The Balaban J connectivity index is 2.24. The Hall–Kier alpha value is -0.250. The van der Waals surface area contributed by atoms with E-state index in [4.69, 9.17) is 11.6 Å². The lowest BCUT2D eigenvalue weighted by Crippen LogP contribution is -2.35. The van der Waals surface area contributed by atoms with Crippen molar-refractivity contribution in [2.24, 2.45) is 0 Å². The van der Waals surface area contributed by atoms with Crippen LogP contribution in [0.1, 0.15) is 24.8 Å². The van der Waals surface area contributed by atoms with Crippen molar-refractivity contribution in [1.82, 2.24) is 5.32 Å². The van der Waals surface area contributed by atoms with Crippen LogP contribution >= 0.6 is 23.4 Å². The second-order valence-corrected chi connectivity index (χ2v) is 5.95. The Kier molecular flexibility index (Phi) is 2.97. The van der Waals surface area contributed by atoms with Crippen LogP contribution in [-0.2, 0) is 0 Å². The first kappa shape index (κ1) is 11.2. The summed E-state index contributed by atoms with van der Waals surface area (Å²) in [5, 5.41) is 4.04. The summed E-state index contributed by atoms with van der Waals surface area (Å²) in [5.74, 6) is 0.746. The van der Waals surface area contributed by atoms with Crippen molar-refractivity contribution in [1.29, 1.82) is 0 Å². The fraction of sp³-hybridized carbons (Fsp3) is 0.455. The zero-order valence-corrected chi connectivity index (χ0v) is 10.3. The van der Waals surface area contributed by atoms with Gasteiger partial charge in [-0.2, -0.15) is 0 Å². The van der Waals surface area contributed by atoms with Gasteiger partial charge in [0.15, 0.2) is 0 Å². The van der Waals surface area contributed by atoms with E-state index in [2.05, 4.69) is 19.2 Å². The highest BCUT2D eigenvalue weighted by Crippen LogP contribution is 2.38. The first-order chi connectivity index (χ1) is 6.96. The van der Waals surface area contributed by atoms with Gasteiger partial charge >= 0.3 is 0 Å². The maximum atomic E-state index is 13.2. The molecule has 0 bridgehead atoms. The van der Waals surface area contributed by atoms with Gasteiger partial charge in [0.05, 0.1) is 5.37 Å². The molecule has 1 N–H and O–H groups in total. The van der Waals surface area contributed by atoms with Crippen molar-refractivity contribution in [3.63, 3.8) is 0 Å². The third-order valence-electron chi connectivity index (χ3n) is 2.32. The topological polar surface area (TPSA) is 12.0 Å². The van der Waals surface area contributed by atoms with Gasteiger partial charge in [-0.25, -0.2) is 4.39 Å². The second-order valence-electron chi connectivity index (χ2n) is 4.42. The smallest absolute Gasteiger partial charge is 0.125 e. The van der Waals surface area contributed by atoms with Gasteiger partial charge < -0.3 is 0 Å². The van der Waals surface area contributed by atoms with Gasteiger partial charge in [-0.1, -0.05) is 11.6 Å². The fourth-order valence-corrected chi connectivity index (χ4v) is 3.26. The van der Waals surface area contributed by atoms with Gasteiger partial charge in [-0.15, -0.1) is 11.8 Å². The quantitative estimate of drug-likeness (QED) is 0.812. The van der Waals surface area contributed by atoms with Crippen LogP contribution in [0.4, 0.5) is 4.39 Å². The van der Waals surface area contributed by atoms with Crippen molar-refractivity contribution >= 4 is 23.4 Å². The first-order valence-corrected chi connectivity index (χ1v) is 6.24. The first-order valence-electron chi connectivity index (χ1n) is 4.82. The number of thioether (sulfide) groups is 1. The van der Waals surface area contributed by atoms with Gasteiger partial charge in [0, 0.05) is 16.3 Å². The second kappa shape index (κ2) is 3.96. The summed E-state index contributed by atoms with van der Waals surface area (Å²) < 4.78 is 13.2. The zero-order valence-electron chi connectivity index (χ0n) is 8.68. The van der Waals surface area contributed by atoms with Gasteiger partial charge in [0.1, 0.15) is 5.82 Å². The molecule has 2 rings (SSSR count). The van der Waals surface area contributed by atoms with Gasteiger partial charge in [-0.3, -0.25) is 5.32 Å². The molecule has 1 aromatic carbocycles. The molecule has 0 aromatic heterocycles. The Bertz CT molecular complexity index is 361. The predicted molar refractivity (Wildman–Crippen MR) is 63.8 cm³/mol. The lowest BCUT2D eigenvalue weighted by atomic mass is 10.1. The van der Waals surface area contributed by atoms with Crippen LogP contribution in [0.5, 0.6) is 0 Å². The lowest BCUT2D eigenvalue weighted by molar-refractivity contribution is 0.451. The average molecular weight is 246 g/mol. The minimum atomic E-state index is -0.274. The largest absolute Gasteiger partial charge is 0.296 e. The molecule has 0 aliphatic carbocycles. The summed E-state index contributed by atoms with van der Waals surface area (Å²) in [7, 11) is 0. The number of nitrogens with one attached hydrogen (secondary N) is 1. The van der Waals surface area contributed by atoms with Crippen molar-refractivity contribution in [2.45, 2.75) is 24.8 Å². The number of benzene rings is 1. The van der Waals surface area contributed by atoms with E-state index in [9.17, 15) is 4.39 Å². The highest BCUT2D eigenvalue weighted by molar-refractivity contribution is 7.99. The standard InChI is InChI=1S/C11H13ClFNS/c1-11(2)6-15-10(14-11)7-3-8(12)5-9(13)4-7/h3-5,10,14H,6H2,1-2H3. The Morgan fingerprint density at radius 1 is 1.47 bits per heavy atom. The van der Waals surface area contributed by atoms with Crippen LogP contribution < -0.4 is 5.32 Å². The van der Waals surface area contributed by atoms with Crippen LogP contribution in [-0.4, -0.2) is 11.3 Å². The normalized spacial score (nSPS) is 24.4. The molecule has 1 fully saturated rings. The third-order valence-corrected chi connectivity index (χ3v) is 4.15. The van der Waals surface area contributed by atoms with Crippen molar-refractivity contribution in [3.05, 3.63) is 34.6 Å². The molecule has 0 spiro atoms. The maximum Gasteiger partial charge on any atom is 0.125 e. The third kappa shape index (κ3) is 2.65. The zero-order chi connectivity index (χ0) is 11.1. The summed E-state index contributed by atoms with van der Waals surface area (Å²) in [4.78, 5) is 0. The molecule has 0 saturated carbocycles. The van der Waals surface area contributed by atoms with Crippen molar-refractivity contribution in [3.8, 4) is 0 Å². The van der Waals surface area contributed by atoms with E-state index in [0.717, 1.165) is 11.3 Å². The summed E-state index contributed by atoms with van der Waals surface area (Å²) in [6.45, 7) is 4.28. The summed E-state index contributed by atoms with van der Waals surface area (Å²) in [5.41, 5.74) is 1.02. The molecule has 82 valence electrons. The molecule has 0 radical (unpaired) electrons. The Morgan fingerprint density at radius 3 is 2.73 bits per heavy atom. The molecule has 1 unspecified atom stereocenters. The summed E-state index contributed by atoms with van der Waals surface area (Å²) in [6.07, 6.45) is 0. The van der Waals surface area contributed by atoms with E-state index in [0.29, 0.717) is 5.02 Å². The van der Waals surface area contributed by atoms with Crippen molar-refractivity contribution in [2.75, 3.05) is 5.75 Å². The number of hydrogen-bond donors (Lipinski definition) is 1. The molecule has 1 heterocycles. The Labute approximate surface area is 98.4 Å². The predicted octanol–water partition coefficient (Wildman–Crippen LogP) is 3.59. The molecule has 1 aromatic rings. The van der Waals surface area contributed by atoms with Gasteiger partial charge in [0.25, 0.3) is 0 Å². The molecular weight excluding hydrogens is 233 g/mol. The van der Waals surface area contributed by atoms with E-state index in [1.54, 1.807) is 11.8 Å². The molecule has 1 aliphatic heterocycles. The van der Waals surface area contributed by atoms with Crippen LogP contribution in [0.2, 0.25) is 5.02 Å². The SMILES string of the molecule is CC1(C)CSC(c2cc(F)cc(Cl)c2)N1. The average Bonchev–Trinajstić information content (AvgIpc) is 2.44. The molecule has 1 saturated heterocycles. The summed E-state index contributed by atoms with van der Waals surface area (Å²) in [6, 6.07) is 4.68. The monoisotopic (exact) mass is 245 g/mol.